The van der Waals surface area contributed by atoms with Crippen molar-refractivity contribution in [3.8, 4) is 11.3 Å². The van der Waals surface area contributed by atoms with Crippen LogP contribution in [-0.2, 0) is 0 Å². The number of anilines is 2. The van der Waals surface area contributed by atoms with E-state index in [9.17, 15) is 0 Å². The highest BCUT2D eigenvalue weighted by Gasteiger charge is 2.18. The highest BCUT2D eigenvalue weighted by atomic mass is 15.3. The molecule has 0 bridgehead atoms. The van der Waals surface area contributed by atoms with Crippen molar-refractivity contribution in [2.75, 3.05) is 36.0 Å². The third kappa shape index (κ3) is 3.86. The molecule has 2 heterocycles. The second kappa shape index (κ2) is 8.13. The fourth-order valence-electron chi connectivity index (χ4n) is 3.28. The van der Waals surface area contributed by atoms with Gasteiger partial charge < -0.3 is 9.80 Å². The Morgan fingerprint density at radius 1 is 0.958 bits per heavy atom. The zero-order chi connectivity index (χ0) is 16.8. The van der Waals surface area contributed by atoms with Crippen molar-refractivity contribution in [3.63, 3.8) is 0 Å². The van der Waals surface area contributed by atoms with Crippen LogP contribution in [0.15, 0.2) is 36.4 Å². The molecular formula is C20H28N4. The monoisotopic (exact) mass is 324 g/mol. The molecule has 0 saturated carbocycles. The number of hydrogen-bond donors (Lipinski definition) is 0. The van der Waals surface area contributed by atoms with Crippen LogP contribution in [0.1, 0.15) is 39.5 Å². The summed E-state index contributed by atoms with van der Waals surface area (Å²) in [6.45, 7) is 8.64. The molecule has 128 valence electrons. The first-order valence-corrected chi connectivity index (χ1v) is 9.26. The molecule has 0 N–H and O–H groups in total. The lowest BCUT2D eigenvalue weighted by molar-refractivity contribution is 0.720. The van der Waals surface area contributed by atoms with E-state index in [1.54, 1.807) is 0 Å². The van der Waals surface area contributed by atoms with Crippen molar-refractivity contribution in [1.29, 1.82) is 0 Å². The summed E-state index contributed by atoms with van der Waals surface area (Å²) < 4.78 is 0. The summed E-state index contributed by atoms with van der Waals surface area (Å²) in [5.41, 5.74) is 2.19. The van der Waals surface area contributed by atoms with E-state index in [0.29, 0.717) is 0 Å². The van der Waals surface area contributed by atoms with Crippen LogP contribution in [0.5, 0.6) is 0 Å². The van der Waals surface area contributed by atoms with Crippen LogP contribution >= 0.6 is 0 Å². The molecular weight excluding hydrogens is 296 g/mol. The summed E-state index contributed by atoms with van der Waals surface area (Å²) in [6.07, 6.45) is 4.73. The lowest BCUT2D eigenvalue weighted by atomic mass is 10.1. The number of rotatable bonds is 7. The normalized spacial score (nSPS) is 14.2. The van der Waals surface area contributed by atoms with E-state index in [1.165, 1.54) is 12.8 Å². The third-order valence-corrected chi connectivity index (χ3v) is 4.47. The summed E-state index contributed by atoms with van der Waals surface area (Å²) in [7, 11) is 0. The van der Waals surface area contributed by atoms with E-state index < -0.39 is 0 Å². The predicted molar refractivity (Wildman–Crippen MR) is 102 cm³/mol. The second-order valence-corrected chi connectivity index (χ2v) is 6.46. The van der Waals surface area contributed by atoms with Gasteiger partial charge in [0.05, 0.1) is 5.69 Å². The molecule has 24 heavy (non-hydrogen) atoms. The standard InChI is InChI=1S/C20H28N4/c1-3-12-24(13-4-2)20-21-18(17-10-6-5-7-11-17)16-19(22-20)23-14-8-9-15-23/h5-7,10-11,16H,3-4,8-9,12-15H2,1-2H3. The van der Waals surface area contributed by atoms with Crippen LogP contribution < -0.4 is 9.80 Å². The summed E-state index contributed by atoms with van der Waals surface area (Å²) in [5, 5.41) is 0. The van der Waals surface area contributed by atoms with Gasteiger partial charge in [-0.1, -0.05) is 44.2 Å². The Kier molecular flexibility index (Phi) is 5.68. The van der Waals surface area contributed by atoms with E-state index in [-0.39, 0.29) is 0 Å². The second-order valence-electron chi connectivity index (χ2n) is 6.46. The molecule has 1 aromatic carbocycles. The Labute approximate surface area is 145 Å². The topological polar surface area (TPSA) is 32.3 Å². The Hall–Kier alpha value is -2.10. The zero-order valence-corrected chi connectivity index (χ0v) is 14.9. The fourth-order valence-corrected chi connectivity index (χ4v) is 3.28. The lowest BCUT2D eigenvalue weighted by Crippen LogP contribution is -2.28. The van der Waals surface area contributed by atoms with Crippen molar-refractivity contribution in [1.82, 2.24) is 9.97 Å². The molecule has 1 fully saturated rings. The molecule has 0 spiro atoms. The lowest BCUT2D eigenvalue weighted by Gasteiger charge is -2.24. The molecule has 0 aliphatic carbocycles. The van der Waals surface area contributed by atoms with Crippen LogP contribution in [0.2, 0.25) is 0 Å². The van der Waals surface area contributed by atoms with Crippen molar-refractivity contribution in [2.24, 2.45) is 0 Å². The maximum absolute atomic E-state index is 4.92. The Bertz CT molecular complexity index is 629. The van der Waals surface area contributed by atoms with Gasteiger partial charge in [-0.05, 0) is 25.7 Å². The molecule has 0 radical (unpaired) electrons. The number of benzene rings is 1. The van der Waals surface area contributed by atoms with Gasteiger partial charge in [0.15, 0.2) is 0 Å². The van der Waals surface area contributed by atoms with Gasteiger partial charge in [0.25, 0.3) is 0 Å². The number of hydrogen-bond acceptors (Lipinski definition) is 4. The first kappa shape index (κ1) is 16.7. The van der Waals surface area contributed by atoms with Gasteiger partial charge in [-0.3, -0.25) is 0 Å². The van der Waals surface area contributed by atoms with Gasteiger partial charge in [-0.15, -0.1) is 0 Å². The van der Waals surface area contributed by atoms with Gasteiger partial charge in [-0.25, -0.2) is 4.98 Å². The maximum atomic E-state index is 4.92. The minimum atomic E-state index is 0.877. The van der Waals surface area contributed by atoms with Crippen LogP contribution in [-0.4, -0.2) is 36.1 Å². The van der Waals surface area contributed by atoms with Crippen molar-refractivity contribution in [3.05, 3.63) is 36.4 Å². The van der Waals surface area contributed by atoms with E-state index in [0.717, 1.165) is 62.0 Å². The van der Waals surface area contributed by atoms with Gasteiger partial charge in [0.1, 0.15) is 5.82 Å². The average Bonchev–Trinajstić information content (AvgIpc) is 3.17. The minimum absolute atomic E-state index is 0.877. The number of nitrogens with zero attached hydrogens (tertiary/aromatic N) is 4. The smallest absolute Gasteiger partial charge is 0.227 e. The van der Waals surface area contributed by atoms with Crippen molar-refractivity contribution >= 4 is 11.8 Å². The Morgan fingerprint density at radius 2 is 1.62 bits per heavy atom. The summed E-state index contributed by atoms with van der Waals surface area (Å²) in [5.74, 6) is 1.95. The predicted octanol–water partition coefficient (Wildman–Crippen LogP) is 4.37. The van der Waals surface area contributed by atoms with Gasteiger partial charge in [0, 0.05) is 37.8 Å². The summed E-state index contributed by atoms with van der Waals surface area (Å²) in [4.78, 5) is 14.5. The molecule has 1 aliphatic rings. The molecule has 0 amide bonds. The van der Waals surface area contributed by atoms with Crippen LogP contribution in [0.25, 0.3) is 11.3 Å². The minimum Gasteiger partial charge on any atom is -0.356 e. The maximum Gasteiger partial charge on any atom is 0.227 e. The molecule has 1 saturated heterocycles. The van der Waals surface area contributed by atoms with Crippen LogP contribution in [0, 0.1) is 0 Å². The highest BCUT2D eigenvalue weighted by Crippen LogP contribution is 2.27. The van der Waals surface area contributed by atoms with Gasteiger partial charge in [0.2, 0.25) is 5.95 Å². The quantitative estimate of drug-likeness (QED) is 0.757. The molecule has 0 unspecified atom stereocenters. The van der Waals surface area contributed by atoms with E-state index in [1.807, 2.05) is 6.07 Å². The van der Waals surface area contributed by atoms with Gasteiger partial charge in [-0.2, -0.15) is 4.98 Å². The fraction of sp³-hybridized carbons (Fsp3) is 0.500. The SMILES string of the molecule is CCCN(CCC)c1nc(-c2ccccc2)cc(N2CCCC2)n1. The highest BCUT2D eigenvalue weighted by molar-refractivity contribution is 5.65. The molecule has 1 aliphatic heterocycles. The molecule has 4 nitrogen and oxygen atoms in total. The van der Waals surface area contributed by atoms with Crippen molar-refractivity contribution < 1.29 is 0 Å². The Balaban J connectivity index is 2.01. The molecule has 2 aromatic rings. The number of aromatic nitrogens is 2. The van der Waals surface area contributed by atoms with Crippen molar-refractivity contribution in [2.45, 2.75) is 39.5 Å². The van der Waals surface area contributed by atoms with Crippen LogP contribution in [0.3, 0.4) is 0 Å². The molecule has 3 rings (SSSR count). The van der Waals surface area contributed by atoms with E-state index in [2.05, 4.69) is 54.0 Å². The first-order chi connectivity index (χ1) is 11.8. The van der Waals surface area contributed by atoms with Gasteiger partial charge >= 0.3 is 0 Å². The molecule has 0 atom stereocenters. The van der Waals surface area contributed by atoms with E-state index >= 15 is 0 Å². The summed E-state index contributed by atoms with van der Waals surface area (Å²) in [6, 6.07) is 12.6. The first-order valence-electron chi connectivity index (χ1n) is 9.26. The summed E-state index contributed by atoms with van der Waals surface area (Å²) >= 11 is 0. The Morgan fingerprint density at radius 3 is 2.25 bits per heavy atom. The largest absolute Gasteiger partial charge is 0.356 e. The van der Waals surface area contributed by atoms with Crippen LogP contribution in [0.4, 0.5) is 11.8 Å². The third-order valence-electron chi connectivity index (χ3n) is 4.47. The zero-order valence-electron chi connectivity index (χ0n) is 14.9. The average molecular weight is 324 g/mol. The van der Waals surface area contributed by atoms with E-state index in [4.69, 9.17) is 9.97 Å². The molecule has 4 heteroatoms. The molecule has 1 aromatic heterocycles.